The van der Waals surface area contributed by atoms with Crippen LogP contribution in [0.3, 0.4) is 0 Å². The summed E-state index contributed by atoms with van der Waals surface area (Å²) in [6, 6.07) is 10.0. The van der Waals surface area contributed by atoms with Crippen LogP contribution in [0.2, 0.25) is 0 Å². The summed E-state index contributed by atoms with van der Waals surface area (Å²) >= 11 is 0. The minimum absolute atomic E-state index is 0.0247. The number of fused-ring (bicyclic) bond motifs is 3. The highest BCUT2D eigenvalue weighted by molar-refractivity contribution is 6.07. The summed E-state index contributed by atoms with van der Waals surface area (Å²) in [5.74, 6) is 0. The number of H-pyrrole nitrogens is 1. The molecule has 4 aromatic rings. The summed E-state index contributed by atoms with van der Waals surface area (Å²) < 4.78 is 3.79. The maximum Gasteiger partial charge on any atom is 0.260 e. The maximum absolute atomic E-state index is 12.9. The van der Waals surface area contributed by atoms with E-state index in [2.05, 4.69) is 14.5 Å². The van der Waals surface area contributed by atoms with Gasteiger partial charge >= 0.3 is 0 Å². The van der Waals surface area contributed by atoms with Crippen LogP contribution in [0.15, 0.2) is 47.7 Å². The average Bonchev–Trinajstić information content (AvgIpc) is 3.05. The molecular formula is C17H16N4O. The van der Waals surface area contributed by atoms with Gasteiger partial charge in [0.15, 0.2) is 0 Å². The predicted octanol–water partition coefficient (Wildman–Crippen LogP) is 2.57. The summed E-state index contributed by atoms with van der Waals surface area (Å²) in [4.78, 5) is 20.2. The molecule has 4 rings (SSSR count). The highest BCUT2D eigenvalue weighted by Gasteiger charge is 2.13. The fraction of sp³-hybridized carbons (Fsp3) is 0.176. The Labute approximate surface area is 126 Å². The van der Waals surface area contributed by atoms with Crippen LogP contribution < -0.4 is 5.56 Å². The van der Waals surface area contributed by atoms with E-state index in [1.807, 2.05) is 50.5 Å². The van der Waals surface area contributed by atoms with Gasteiger partial charge in [-0.25, -0.2) is 4.98 Å². The molecule has 0 unspecified atom stereocenters. The molecule has 0 atom stereocenters. The molecule has 1 aromatic carbocycles. The Morgan fingerprint density at radius 2 is 2.00 bits per heavy atom. The van der Waals surface area contributed by atoms with Crippen LogP contribution in [0.4, 0.5) is 0 Å². The van der Waals surface area contributed by atoms with Gasteiger partial charge in [0, 0.05) is 29.8 Å². The lowest BCUT2D eigenvalue weighted by molar-refractivity contribution is 0.746. The average molecular weight is 292 g/mol. The van der Waals surface area contributed by atoms with Crippen LogP contribution in [-0.2, 0) is 13.6 Å². The molecule has 3 heterocycles. The summed E-state index contributed by atoms with van der Waals surface area (Å²) in [7, 11) is 1.99. The predicted molar refractivity (Wildman–Crippen MR) is 87.1 cm³/mol. The number of rotatable bonds is 2. The van der Waals surface area contributed by atoms with Crippen molar-refractivity contribution in [3.63, 3.8) is 0 Å². The number of aryl methyl sites for hydroxylation is 2. The standard InChI is InChI=1S/C17H16N4O/c1-11-13(19-10-18-11)9-21-8-7-15-16(17(21)22)12-5-3-4-6-14(12)20(15)2/h3-8,10H,9H2,1-2H3,(H,18,19). The largest absolute Gasteiger partial charge is 0.348 e. The van der Waals surface area contributed by atoms with Crippen molar-refractivity contribution < 1.29 is 0 Å². The van der Waals surface area contributed by atoms with E-state index < -0.39 is 0 Å². The summed E-state index contributed by atoms with van der Waals surface area (Å²) in [5.41, 5.74) is 3.94. The number of aromatic nitrogens is 4. The van der Waals surface area contributed by atoms with Gasteiger partial charge in [-0.1, -0.05) is 18.2 Å². The van der Waals surface area contributed by atoms with E-state index in [1.165, 1.54) is 0 Å². The normalized spacial score (nSPS) is 11.5. The lowest BCUT2D eigenvalue weighted by Gasteiger charge is -2.05. The molecule has 3 aromatic heterocycles. The lowest BCUT2D eigenvalue weighted by Crippen LogP contribution is -2.20. The molecule has 22 heavy (non-hydrogen) atoms. The van der Waals surface area contributed by atoms with Crippen molar-refractivity contribution in [1.29, 1.82) is 0 Å². The van der Waals surface area contributed by atoms with Crippen molar-refractivity contribution in [1.82, 2.24) is 19.1 Å². The van der Waals surface area contributed by atoms with Gasteiger partial charge < -0.3 is 14.1 Å². The van der Waals surface area contributed by atoms with E-state index in [1.54, 1.807) is 10.9 Å². The van der Waals surface area contributed by atoms with E-state index >= 15 is 0 Å². The van der Waals surface area contributed by atoms with Crippen LogP contribution in [0.25, 0.3) is 21.8 Å². The fourth-order valence-corrected chi connectivity index (χ4v) is 3.04. The first-order valence-electron chi connectivity index (χ1n) is 7.22. The zero-order chi connectivity index (χ0) is 15.3. The third kappa shape index (κ3) is 1.72. The minimum atomic E-state index is 0.0247. The Bertz CT molecular complexity index is 1050. The second-order valence-electron chi connectivity index (χ2n) is 5.56. The van der Waals surface area contributed by atoms with Gasteiger partial charge in [0.1, 0.15) is 0 Å². The molecule has 5 nitrogen and oxygen atoms in total. The SMILES string of the molecule is Cc1[nH]cnc1Cn1ccc2c(c1=O)c1ccccc1n2C. The highest BCUT2D eigenvalue weighted by atomic mass is 16.1. The molecule has 0 radical (unpaired) electrons. The molecule has 0 spiro atoms. The molecule has 0 aliphatic heterocycles. The summed E-state index contributed by atoms with van der Waals surface area (Å²) in [5, 5.41) is 1.77. The maximum atomic E-state index is 12.9. The first kappa shape index (κ1) is 12.9. The smallest absolute Gasteiger partial charge is 0.260 e. The van der Waals surface area contributed by atoms with Crippen molar-refractivity contribution in [2.24, 2.45) is 7.05 Å². The molecule has 0 saturated heterocycles. The minimum Gasteiger partial charge on any atom is -0.348 e. The third-order valence-corrected chi connectivity index (χ3v) is 4.29. The van der Waals surface area contributed by atoms with Gasteiger partial charge in [0.05, 0.1) is 29.5 Å². The Hall–Kier alpha value is -2.82. The van der Waals surface area contributed by atoms with Crippen LogP contribution >= 0.6 is 0 Å². The summed E-state index contributed by atoms with van der Waals surface area (Å²) in [6.07, 6.45) is 3.50. The number of nitrogens with one attached hydrogen (secondary N) is 1. The van der Waals surface area contributed by atoms with E-state index in [-0.39, 0.29) is 5.56 Å². The molecule has 110 valence electrons. The zero-order valence-electron chi connectivity index (χ0n) is 12.5. The second-order valence-corrected chi connectivity index (χ2v) is 5.56. The van der Waals surface area contributed by atoms with Crippen molar-refractivity contribution >= 4 is 21.8 Å². The van der Waals surface area contributed by atoms with Crippen molar-refractivity contribution in [2.45, 2.75) is 13.5 Å². The topological polar surface area (TPSA) is 55.6 Å². The summed E-state index contributed by atoms with van der Waals surface area (Å²) in [6.45, 7) is 2.44. The van der Waals surface area contributed by atoms with Gasteiger partial charge in [-0.05, 0) is 19.1 Å². The number of para-hydroxylation sites is 1. The molecule has 0 fully saturated rings. The number of nitrogens with zero attached hydrogens (tertiary/aromatic N) is 3. The number of hydrogen-bond donors (Lipinski definition) is 1. The quantitative estimate of drug-likeness (QED) is 0.617. The third-order valence-electron chi connectivity index (χ3n) is 4.29. The van der Waals surface area contributed by atoms with Gasteiger partial charge in [0.2, 0.25) is 0 Å². The Kier molecular flexibility index (Phi) is 2.69. The van der Waals surface area contributed by atoms with E-state index in [0.29, 0.717) is 6.54 Å². The van der Waals surface area contributed by atoms with Crippen molar-refractivity contribution in [2.75, 3.05) is 0 Å². The molecule has 0 aliphatic carbocycles. The number of hydrogen-bond acceptors (Lipinski definition) is 2. The molecule has 0 amide bonds. The van der Waals surface area contributed by atoms with Crippen LogP contribution in [-0.4, -0.2) is 19.1 Å². The van der Waals surface area contributed by atoms with E-state index in [4.69, 9.17) is 0 Å². The van der Waals surface area contributed by atoms with Gasteiger partial charge in [-0.2, -0.15) is 0 Å². The highest BCUT2D eigenvalue weighted by Crippen LogP contribution is 2.25. The van der Waals surface area contributed by atoms with Crippen LogP contribution in [0, 0.1) is 6.92 Å². The molecule has 1 N–H and O–H groups in total. The first-order chi connectivity index (χ1) is 10.7. The number of pyridine rings is 1. The lowest BCUT2D eigenvalue weighted by atomic mass is 10.2. The number of aromatic amines is 1. The van der Waals surface area contributed by atoms with E-state index in [9.17, 15) is 4.79 Å². The molecule has 0 aliphatic rings. The van der Waals surface area contributed by atoms with Gasteiger partial charge in [-0.15, -0.1) is 0 Å². The molecule has 5 heteroatoms. The molecule has 0 saturated carbocycles. The first-order valence-corrected chi connectivity index (χ1v) is 7.22. The van der Waals surface area contributed by atoms with Crippen molar-refractivity contribution in [3.05, 3.63) is 64.6 Å². The zero-order valence-corrected chi connectivity index (χ0v) is 12.5. The Morgan fingerprint density at radius 1 is 1.18 bits per heavy atom. The monoisotopic (exact) mass is 292 g/mol. The fourth-order valence-electron chi connectivity index (χ4n) is 3.04. The number of imidazole rings is 1. The van der Waals surface area contributed by atoms with Gasteiger partial charge in [-0.3, -0.25) is 4.79 Å². The molecule has 0 bridgehead atoms. The second kappa shape index (κ2) is 4.59. The Balaban J connectivity index is 1.99. The number of benzene rings is 1. The molecular weight excluding hydrogens is 276 g/mol. The van der Waals surface area contributed by atoms with Crippen LogP contribution in [0.1, 0.15) is 11.4 Å². The van der Waals surface area contributed by atoms with Crippen molar-refractivity contribution in [3.8, 4) is 0 Å². The van der Waals surface area contributed by atoms with Gasteiger partial charge in [0.25, 0.3) is 5.56 Å². The van der Waals surface area contributed by atoms with Crippen LogP contribution in [0.5, 0.6) is 0 Å². The Morgan fingerprint density at radius 3 is 2.77 bits per heavy atom. The van der Waals surface area contributed by atoms with E-state index in [0.717, 1.165) is 33.2 Å².